The van der Waals surface area contributed by atoms with E-state index >= 15 is 0 Å². The second-order valence-corrected chi connectivity index (χ2v) is 8.17. The third-order valence-electron chi connectivity index (χ3n) is 3.89. The average molecular weight is 354 g/mol. The van der Waals surface area contributed by atoms with E-state index < -0.39 is 9.84 Å². The summed E-state index contributed by atoms with van der Waals surface area (Å²) >= 11 is 0. The molecule has 0 radical (unpaired) electrons. The second kappa shape index (κ2) is 8.86. The minimum atomic E-state index is -2.90. The minimum absolute atomic E-state index is 0.0125. The van der Waals surface area contributed by atoms with Gasteiger partial charge in [-0.15, -0.1) is 0 Å². The Hall–Kier alpha value is -1.83. The topological polar surface area (TPSA) is 92.6 Å². The van der Waals surface area contributed by atoms with Crippen LogP contribution >= 0.6 is 0 Å². The molecule has 1 fully saturated rings. The Labute approximate surface area is 143 Å². The molecule has 0 saturated carbocycles. The maximum atomic E-state index is 11.6. The smallest absolute Gasteiger partial charge is 0.250 e. The molecule has 1 saturated heterocycles. The largest absolute Gasteiger partial charge is 0.357 e. The first-order valence-electron chi connectivity index (χ1n) is 8.41. The van der Waals surface area contributed by atoms with Crippen LogP contribution in [0.3, 0.4) is 0 Å². The van der Waals surface area contributed by atoms with E-state index in [1.54, 1.807) is 22.9 Å². The Morgan fingerprint density at radius 2 is 2.21 bits per heavy atom. The summed E-state index contributed by atoms with van der Waals surface area (Å²) in [5.41, 5.74) is 0.0125. The molecule has 2 heterocycles. The van der Waals surface area contributed by atoms with E-state index in [-0.39, 0.29) is 23.1 Å². The molecule has 1 aliphatic heterocycles. The van der Waals surface area contributed by atoms with Gasteiger partial charge in [0.2, 0.25) is 5.56 Å². The monoisotopic (exact) mass is 354 g/mol. The van der Waals surface area contributed by atoms with Crippen LogP contribution in [0.4, 0.5) is 0 Å². The Morgan fingerprint density at radius 3 is 2.88 bits per heavy atom. The van der Waals surface area contributed by atoms with Gasteiger partial charge < -0.3 is 15.2 Å². The van der Waals surface area contributed by atoms with Crippen LogP contribution in [0, 0.1) is 0 Å². The lowest BCUT2D eigenvalue weighted by atomic mass is 10.3. The number of sulfone groups is 1. The highest BCUT2D eigenvalue weighted by atomic mass is 32.2. The van der Waals surface area contributed by atoms with Gasteiger partial charge in [-0.2, -0.15) is 0 Å². The molecule has 1 unspecified atom stereocenters. The lowest BCUT2D eigenvalue weighted by Gasteiger charge is -2.15. The summed E-state index contributed by atoms with van der Waals surface area (Å²) in [4.78, 5) is 16.1. The number of aromatic nitrogens is 1. The van der Waals surface area contributed by atoms with E-state index in [2.05, 4.69) is 15.6 Å². The molecule has 8 heteroatoms. The van der Waals surface area contributed by atoms with Gasteiger partial charge in [0, 0.05) is 37.9 Å². The zero-order valence-electron chi connectivity index (χ0n) is 14.1. The Morgan fingerprint density at radius 1 is 1.38 bits per heavy atom. The SMILES string of the molecule is CCNC(=NCCCCn1ccccc1=O)NC1CCS(=O)(=O)C1. The highest BCUT2D eigenvalue weighted by molar-refractivity contribution is 7.91. The molecule has 0 aliphatic carbocycles. The number of nitrogens with one attached hydrogen (secondary N) is 2. The van der Waals surface area contributed by atoms with E-state index in [4.69, 9.17) is 0 Å². The highest BCUT2D eigenvalue weighted by Crippen LogP contribution is 2.10. The van der Waals surface area contributed by atoms with Crippen LogP contribution in [0.2, 0.25) is 0 Å². The number of hydrogen-bond acceptors (Lipinski definition) is 4. The third kappa shape index (κ3) is 5.99. The number of hydrogen-bond donors (Lipinski definition) is 2. The number of unbranched alkanes of at least 4 members (excludes halogenated alkanes) is 1. The van der Waals surface area contributed by atoms with Crippen molar-refractivity contribution in [1.82, 2.24) is 15.2 Å². The van der Waals surface area contributed by atoms with E-state index in [9.17, 15) is 13.2 Å². The van der Waals surface area contributed by atoms with Crippen molar-refractivity contribution in [2.24, 2.45) is 4.99 Å². The first-order chi connectivity index (χ1) is 11.5. The summed E-state index contributed by atoms with van der Waals surface area (Å²) in [5, 5.41) is 6.34. The lowest BCUT2D eigenvalue weighted by molar-refractivity contribution is 0.594. The predicted molar refractivity (Wildman–Crippen MR) is 96.1 cm³/mol. The van der Waals surface area contributed by atoms with Gasteiger partial charge in [-0.25, -0.2) is 8.42 Å². The van der Waals surface area contributed by atoms with Crippen LogP contribution in [0.25, 0.3) is 0 Å². The molecule has 134 valence electrons. The molecule has 0 aromatic carbocycles. The summed E-state index contributed by atoms with van der Waals surface area (Å²) in [5.74, 6) is 1.08. The van der Waals surface area contributed by atoms with Crippen molar-refractivity contribution >= 4 is 15.8 Å². The second-order valence-electron chi connectivity index (χ2n) is 5.94. The van der Waals surface area contributed by atoms with Crippen molar-refractivity contribution in [1.29, 1.82) is 0 Å². The van der Waals surface area contributed by atoms with Gasteiger partial charge in [-0.3, -0.25) is 9.79 Å². The fraction of sp³-hybridized carbons (Fsp3) is 0.625. The van der Waals surface area contributed by atoms with E-state index in [1.807, 2.05) is 13.0 Å². The first kappa shape index (κ1) is 18.5. The summed E-state index contributed by atoms with van der Waals surface area (Å²) in [6, 6.07) is 5.08. The maximum Gasteiger partial charge on any atom is 0.250 e. The quantitative estimate of drug-likeness (QED) is 0.419. The number of rotatable bonds is 7. The maximum absolute atomic E-state index is 11.6. The normalized spacial score (nSPS) is 20.0. The predicted octanol–water partition coefficient (Wildman–Crippen LogP) is 0.371. The minimum Gasteiger partial charge on any atom is -0.357 e. The lowest BCUT2D eigenvalue weighted by Crippen LogP contribution is -2.44. The molecular formula is C16H26N4O3S. The van der Waals surface area contributed by atoms with Crippen LogP contribution in [-0.4, -0.2) is 49.6 Å². The highest BCUT2D eigenvalue weighted by Gasteiger charge is 2.28. The van der Waals surface area contributed by atoms with E-state index in [1.165, 1.54) is 0 Å². The number of nitrogens with zero attached hydrogens (tertiary/aromatic N) is 2. The number of aryl methyl sites for hydroxylation is 1. The van der Waals surface area contributed by atoms with Gasteiger partial charge in [0.1, 0.15) is 0 Å². The van der Waals surface area contributed by atoms with Gasteiger partial charge in [-0.1, -0.05) is 6.07 Å². The molecule has 1 aromatic heterocycles. The Bertz CT molecular complexity index is 712. The molecule has 24 heavy (non-hydrogen) atoms. The molecule has 0 spiro atoms. The van der Waals surface area contributed by atoms with Gasteiger partial charge >= 0.3 is 0 Å². The van der Waals surface area contributed by atoms with Gasteiger partial charge in [0.05, 0.1) is 11.5 Å². The summed E-state index contributed by atoms with van der Waals surface area (Å²) in [6.07, 6.45) is 4.15. The molecule has 1 aromatic rings. The molecule has 0 bridgehead atoms. The van der Waals surface area contributed by atoms with Crippen LogP contribution in [-0.2, 0) is 16.4 Å². The summed E-state index contributed by atoms with van der Waals surface area (Å²) < 4.78 is 24.7. The molecular weight excluding hydrogens is 328 g/mol. The zero-order chi connectivity index (χ0) is 17.4. The summed E-state index contributed by atoms with van der Waals surface area (Å²) in [6.45, 7) is 4.02. The molecule has 1 aliphatic rings. The Balaban J connectivity index is 1.77. The van der Waals surface area contributed by atoms with Crippen LogP contribution in [0.15, 0.2) is 34.2 Å². The van der Waals surface area contributed by atoms with Crippen molar-refractivity contribution in [2.75, 3.05) is 24.6 Å². The zero-order valence-corrected chi connectivity index (χ0v) is 14.9. The molecule has 0 amide bonds. The van der Waals surface area contributed by atoms with Crippen LogP contribution in [0.5, 0.6) is 0 Å². The number of guanidine groups is 1. The van der Waals surface area contributed by atoms with Gasteiger partial charge in [-0.05, 0) is 32.3 Å². The molecule has 2 rings (SSSR count). The third-order valence-corrected chi connectivity index (χ3v) is 5.66. The fourth-order valence-electron chi connectivity index (χ4n) is 2.65. The average Bonchev–Trinajstić information content (AvgIpc) is 2.87. The molecule has 7 nitrogen and oxygen atoms in total. The Kier molecular flexibility index (Phi) is 6.84. The van der Waals surface area contributed by atoms with Gasteiger partial charge in [0.15, 0.2) is 15.8 Å². The van der Waals surface area contributed by atoms with Crippen molar-refractivity contribution in [3.8, 4) is 0 Å². The van der Waals surface area contributed by atoms with Crippen LogP contribution in [0.1, 0.15) is 26.2 Å². The van der Waals surface area contributed by atoms with Crippen molar-refractivity contribution < 1.29 is 8.42 Å². The fourth-order valence-corrected chi connectivity index (χ4v) is 4.33. The van der Waals surface area contributed by atoms with Gasteiger partial charge in [0.25, 0.3) is 0 Å². The van der Waals surface area contributed by atoms with Crippen molar-refractivity contribution in [2.45, 2.75) is 38.8 Å². The van der Waals surface area contributed by atoms with Crippen LogP contribution < -0.4 is 16.2 Å². The standard InChI is InChI=1S/C16H26N4O3S/c1-2-17-16(19-14-8-12-24(22,23)13-14)18-9-4-6-11-20-10-5-3-7-15(20)21/h3,5,7,10,14H,2,4,6,8-9,11-13H2,1H3,(H2,17,18,19). The van der Waals surface area contributed by atoms with E-state index in [0.717, 1.165) is 19.4 Å². The van der Waals surface area contributed by atoms with Crippen molar-refractivity contribution in [3.63, 3.8) is 0 Å². The molecule has 2 N–H and O–H groups in total. The number of pyridine rings is 1. The molecule has 1 atom stereocenters. The van der Waals surface area contributed by atoms with Crippen molar-refractivity contribution in [3.05, 3.63) is 34.7 Å². The summed E-state index contributed by atoms with van der Waals surface area (Å²) in [7, 11) is -2.90. The van der Waals surface area contributed by atoms with E-state index in [0.29, 0.717) is 25.5 Å². The number of aliphatic imine (C=N–C) groups is 1. The first-order valence-corrected chi connectivity index (χ1v) is 10.2.